The first-order chi connectivity index (χ1) is 13.4. The van der Waals surface area contributed by atoms with Gasteiger partial charge in [0, 0.05) is 11.1 Å². The fourth-order valence-electron chi connectivity index (χ4n) is 2.56. The fourth-order valence-corrected chi connectivity index (χ4v) is 3.72. The zero-order valence-corrected chi connectivity index (χ0v) is 16.7. The van der Waals surface area contributed by atoms with Gasteiger partial charge in [-0.1, -0.05) is 35.5 Å². The molecule has 1 heterocycles. The van der Waals surface area contributed by atoms with Crippen LogP contribution in [0.2, 0.25) is 5.02 Å². The number of aromatic nitrogens is 2. The summed E-state index contributed by atoms with van der Waals surface area (Å²) in [6.07, 6.45) is 0. The molecule has 0 aliphatic rings. The van der Waals surface area contributed by atoms with Crippen molar-refractivity contribution in [3.8, 4) is 5.75 Å². The van der Waals surface area contributed by atoms with Crippen LogP contribution in [0.5, 0.6) is 5.75 Å². The average molecular weight is 418 g/mol. The van der Waals surface area contributed by atoms with Gasteiger partial charge in [-0.15, -0.1) is 0 Å². The van der Waals surface area contributed by atoms with Crippen LogP contribution >= 0.6 is 23.4 Å². The molecule has 0 radical (unpaired) electrons. The van der Waals surface area contributed by atoms with E-state index in [9.17, 15) is 14.9 Å². The van der Waals surface area contributed by atoms with Crippen LogP contribution in [0.3, 0.4) is 0 Å². The Hall–Kier alpha value is -2.84. The topological polar surface area (TPSA) is 87.3 Å². The molecular formula is C19H16ClN3O4S. The Morgan fingerprint density at radius 3 is 2.57 bits per heavy atom. The summed E-state index contributed by atoms with van der Waals surface area (Å²) in [5.74, 6) is 0.179. The Balaban J connectivity index is 1.79. The van der Waals surface area contributed by atoms with Gasteiger partial charge in [0.15, 0.2) is 6.61 Å². The van der Waals surface area contributed by atoms with Crippen molar-refractivity contribution in [2.24, 2.45) is 0 Å². The molecule has 1 aromatic heterocycles. The van der Waals surface area contributed by atoms with Crippen molar-refractivity contribution in [2.75, 3.05) is 6.61 Å². The summed E-state index contributed by atoms with van der Waals surface area (Å²) in [5, 5.41) is 16.1. The van der Waals surface area contributed by atoms with Gasteiger partial charge in [-0.05, 0) is 44.2 Å². The smallest absolute Gasteiger partial charge is 0.285 e. The third kappa shape index (κ3) is 4.35. The summed E-state index contributed by atoms with van der Waals surface area (Å²) in [7, 11) is 0. The summed E-state index contributed by atoms with van der Waals surface area (Å²) in [6, 6.07) is 13.2. The van der Waals surface area contributed by atoms with E-state index in [2.05, 4.69) is 5.10 Å². The van der Waals surface area contributed by atoms with Crippen LogP contribution in [0.1, 0.15) is 16.2 Å². The van der Waals surface area contributed by atoms with Crippen molar-refractivity contribution in [1.29, 1.82) is 0 Å². The lowest BCUT2D eigenvalue weighted by molar-refractivity contribution is -0.387. The normalized spacial score (nSPS) is 10.7. The maximum atomic E-state index is 12.5. The Labute approximate surface area is 170 Å². The number of carbonyl (C=O) groups is 1. The van der Waals surface area contributed by atoms with E-state index >= 15 is 0 Å². The van der Waals surface area contributed by atoms with E-state index in [-0.39, 0.29) is 18.2 Å². The standard InChI is InChI=1S/C19H16ClN3O4S/c1-12-19(28-17-6-4-3-5-16(17)23(25)26)13(2)22(21-12)18(24)11-27-15-9-7-14(20)8-10-15/h3-10H,11H2,1-2H3. The lowest BCUT2D eigenvalue weighted by Gasteiger charge is -2.07. The highest BCUT2D eigenvalue weighted by Crippen LogP contribution is 2.37. The third-order valence-corrected chi connectivity index (χ3v) is 5.52. The molecule has 28 heavy (non-hydrogen) atoms. The van der Waals surface area contributed by atoms with Crippen LogP contribution in [-0.2, 0) is 0 Å². The van der Waals surface area contributed by atoms with Gasteiger partial charge in [0.2, 0.25) is 0 Å². The van der Waals surface area contributed by atoms with Gasteiger partial charge >= 0.3 is 0 Å². The van der Waals surface area contributed by atoms with E-state index in [0.29, 0.717) is 32.0 Å². The Kier molecular flexibility index (Phi) is 6.01. The number of para-hydroxylation sites is 1. The highest BCUT2D eigenvalue weighted by atomic mass is 35.5. The van der Waals surface area contributed by atoms with E-state index < -0.39 is 4.92 Å². The van der Waals surface area contributed by atoms with E-state index in [1.54, 1.807) is 56.3 Å². The summed E-state index contributed by atoms with van der Waals surface area (Å²) in [4.78, 5) is 24.5. The van der Waals surface area contributed by atoms with Crippen LogP contribution in [0.25, 0.3) is 0 Å². The Morgan fingerprint density at radius 2 is 1.89 bits per heavy atom. The number of benzene rings is 2. The molecule has 7 nitrogen and oxygen atoms in total. The van der Waals surface area contributed by atoms with Gasteiger partial charge in [-0.25, -0.2) is 4.68 Å². The van der Waals surface area contributed by atoms with Crippen molar-refractivity contribution in [1.82, 2.24) is 9.78 Å². The lowest BCUT2D eigenvalue weighted by atomic mass is 10.3. The minimum Gasteiger partial charge on any atom is -0.484 e. The fraction of sp³-hybridized carbons (Fsp3) is 0.158. The van der Waals surface area contributed by atoms with E-state index in [4.69, 9.17) is 16.3 Å². The predicted molar refractivity (Wildman–Crippen MR) is 106 cm³/mol. The number of nitro groups is 1. The largest absolute Gasteiger partial charge is 0.484 e. The van der Waals surface area contributed by atoms with Gasteiger partial charge < -0.3 is 4.74 Å². The van der Waals surface area contributed by atoms with Gasteiger partial charge in [0.25, 0.3) is 11.6 Å². The molecule has 0 spiro atoms. The maximum absolute atomic E-state index is 12.5. The van der Waals surface area contributed by atoms with Crippen molar-refractivity contribution in [2.45, 2.75) is 23.6 Å². The molecule has 2 aromatic carbocycles. The lowest BCUT2D eigenvalue weighted by Crippen LogP contribution is -2.21. The molecule has 144 valence electrons. The highest BCUT2D eigenvalue weighted by Gasteiger charge is 2.21. The molecule has 0 aliphatic heterocycles. The number of aryl methyl sites for hydroxylation is 1. The van der Waals surface area contributed by atoms with Crippen LogP contribution in [0.15, 0.2) is 58.3 Å². The maximum Gasteiger partial charge on any atom is 0.285 e. The van der Waals surface area contributed by atoms with E-state index in [0.717, 1.165) is 0 Å². The third-order valence-electron chi connectivity index (χ3n) is 3.91. The molecule has 0 N–H and O–H groups in total. The number of halogens is 1. The van der Waals surface area contributed by atoms with Crippen LogP contribution in [0, 0.1) is 24.0 Å². The van der Waals surface area contributed by atoms with Crippen LogP contribution in [0.4, 0.5) is 5.69 Å². The van der Waals surface area contributed by atoms with Crippen LogP contribution < -0.4 is 4.74 Å². The number of hydrogen-bond donors (Lipinski definition) is 0. The van der Waals surface area contributed by atoms with Crippen molar-refractivity contribution >= 4 is 35.0 Å². The summed E-state index contributed by atoms with van der Waals surface area (Å²) in [6.45, 7) is 3.31. The summed E-state index contributed by atoms with van der Waals surface area (Å²) in [5.41, 5.74) is 1.22. The van der Waals surface area contributed by atoms with Crippen LogP contribution in [-0.4, -0.2) is 27.2 Å². The number of ether oxygens (including phenoxy) is 1. The second-order valence-electron chi connectivity index (χ2n) is 5.87. The van der Waals surface area contributed by atoms with Gasteiger partial charge in [-0.2, -0.15) is 5.10 Å². The molecule has 0 atom stereocenters. The number of carbonyl (C=O) groups excluding carboxylic acids is 1. The molecule has 0 aliphatic carbocycles. The zero-order chi connectivity index (χ0) is 20.3. The zero-order valence-electron chi connectivity index (χ0n) is 15.1. The first-order valence-corrected chi connectivity index (χ1v) is 9.45. The molecule has 3 aromatic rings. The first kappa shape index (κ1) is 19.9. The predicted octanol–water partition coefficient (Wildman–Crippen LogP) is 4.93. The minimum absolute atomic E-state index is 0.0106. The highest BCUT2D eigenvalue weighted by molar-refractivity contribution is 7.99. The van der Waals surface area contributed by atoms with Crippen molar-refractivity contribution in [3.05, 3.63) is 75.1 Å². The monoisotopic (exact) mass is 417 g/mol. The first-order valence-electron chi connectivity index (χ1n) is 8.26. The van der Waals surface area contributed by atoms with Crippen molar-refractivity contribution in [3.63, 3.8) is 0 Å². The number of nitro benzene ring substituents is 1. The van der Waals surface area contributed by atoms with Gasteiger partial charge in [0.1, 0.15) is 5.75 Å². The SMILES string of the molecule is Cc1nn(C(=O)COc2ccc(Cl)cc2)c(C)c1Sc1ccccc1[N+](=O)[O-]. The molecule has 0 saturated heterocycles. The molecule has 0 amide bonds. The molecule has 0 fully saturated rings. The summed E-state index contributed by atoms with van der Waals surface area (Å²) >= 11 is 7.04. The van der Waals surface area contributed by atoms with E-state index in [1.165, 1.54) is 22.5 Å². The van der Waals surface area contributed by atoms with Crippen molar-refractivity contribution < 1.29 is 14.5 Å². The Bertz CT molecular complexity index is 1030. The molecular weight excluding hydrogens is 402 g/mol. The molecule has 0 saturated carbocycles. The second-order valence-corrected chi connectivity index (χ2v) is 7.36. The van der Waals surface area contributed by atoms with Gasteiger partial charge in [-0.3, -0.25) is 14.9 Å². The minimum atomic E-state index is -0.428. The molecule has 0 unspecified atom stereocenters. The number of nitrogens with zero attached hydrogens (tertiary/aromatic N) is 3. The quantitative estimate of drug-likeness (QED) is 0.417. The molecule has 3 rings (SSSR count). The second kappa shape index (κ2) is 8.45. The Morgan fingerprint density at radius 1 is 1.21 bits per heavy atom. The molecule has 0 bridgehead atoms. The number of hydrogen-bond acceptors (Lipinski definition) is 6. The number of rotatable bonds is 6. The molecule has 9 heteroatoms. The van der Waals surface area contributed by atoms with Gasteiger partial charge in [0.05, 0.1) is 26.1 Å². The average Bonchev–Trinajstić information content (AvgIpc) is 2.96. The van der Waals surface area contributed by atoms with E-state index in [1.807, 2.05) is 0 Å². The summed E-state index contributed by atoms with van der Waals surface area (Å²) < 4.78 is 6.75.